The van der Waals surface area contributed by atoms with Gasteiger partial charge >= 0.3 is 0 Å². The summed E-state index contributed by atoms with van der Waals surface area (Å²) < 4.78 is 26.6. The van der Waals surface area contributed by atoms with Gasteiger partial charge in [-0.15, -0.1) is 11.3 Å². The van der Waals surface area contributed by atoms with Crippen molar-refractivity contribution in [3.8, 4) is 11.5 Å². The molecular weight excluding hydrogens is 369 g/mol. The molecule has 2 aromatic carbocycles. The zero-order valence-electron chi connectivity index (χ0n) is 14.6. The molecule has 4 rings (SSSR count). The summed E-state index contributed by atoms with van der Waals surface area (Å²) in [6.07, 6.45) is -1.70. The normalized spacial score (nSPS) is 16.5. The molecule has 2 atom stereocenters. The average Bonchev–Trinajstić information content (AvgIpc) is 3.25. The van der Waals surface area contributed by atoms with Crippen LogP contribution >= 0.6 is 11.3 Å². The van der Waals surface area contributed by atoms with Gasteiger partial charge in [-0.2, -0.15) is 5.06 Å². The third kappa shape index (κ3) is 3.61. The number of carbonyl (C=O) groups is 1. The number of carbonyl (C=O) groups excluding carboxylic acids is 1. The Bertz CT molecular complexity index is 932. The number of benzene rings is 2. The van der Waals surface area contributed by atoms with Crippen LogP contribution in [0.2, 0.25) is 0 Å². The lowest BCUT2D eigenvalue weighted by Crippen LogP contribution is -2.26. The van der Waals surface area contributed by atoms with Crippen LogP contribution in [0.3, 0.4) is 0 Å². The highest BCUT2D eigenvalue weighted by molar-refractivity contribution is 7.19. The lowest BCUT2D eigenvalue weighted by Gasteiger charge is -2.15. The van der Waals surface area contributed by atoms with E-state index in [1.165, 1.54) is 11.3 Å². The van der Waals surface area contributed by atoms with Crippen LogP contribution in [0.15, 0.2) is 48.5 Å². The van der Waals surface area contributed by atoms with E-state index in [-0.39, 0.29) is 19.1 Å². The van der Waals surface area contributed by atoms with Gasteiger partial charge < -0.3 is 9.47 Å². The number of fused-ring (bicyclic) bond motifs is 2. The molecule has 7 heteroatoms. The van der Waals surface area contributed by atoms with Gasteiger partial charge in [0.15, 0.2) is 11.5 Å². The molecule has 27 heavy (non-hydrogen) atoms. The van der Waals surface area contributed by atoms with Gasteiger partial charge in [0.25, 0.3) is 5.91 Å². The smallest absolute Gasteiger partial charge is 0.250 e. The van der Waals surface area contributed by atoms with Gasteiger partial charge in [-0.05, 0) is 36.1 Å². The lowest BCUT2D eigenvalue weighted by atomic mass is 10.1. The van der Waals surface area contributed by atoms with Crippen LogP contribution in [0.5, 0.6) is 11.5 Å². The Morgan fingerprint density at radius 1 is 1.22 bits per heavy atom. The maximum atomic E-state index is 14.7. The number of ether oxygens (including phenoxy) is 2. The van der Waals surface area contributed by atoms with Gasteiger partial charge in [0.05, 0.1) is 5.69 Å². The molecule has 140 valence electrons. The molecule has 1 aromatic heterocycles. The molecule has 1 aliphatic rings. The fourth-order valence-corrected chi connectivity index (χ4v) is 4.09. The third-order valence-electron chi connectivity index (χ3n) is 4.34. The number of anilines is 1. The summed E-state index contributed by atoms with van der Waals surface area (Å²) in [5.74, 6) is 0.774. The van der Waals surface area contributed by atoms with Crippen LogP contribution in [0.1, 0.15) is 30.8 Å². The lowest BCUT2D eigenvalue weighted by molar-refractivity contribution is -0.124. The number of thiophene rings is 1. The SMILES string of the molecule is CC1Oc2cc3cc(C(F)CCC(=O)N(O)c4ccccc4)sc3cc2O1. The predicted molar refractivity (Wildman–Crippen MR) is 101 cm³/mol. The van der Waals surface area contributed by atoms with Crippen molar-refractivity contribution in [2.24, 2.45) is 0 Å². The van der Waals surface area contributed by atoms with Gasteiger partial charge in [0, 0.05) is 29.0 Å². The van der Waals surface area contributed by atoms with E-state index in [4.69, 9.17) is 9.47 Å². The second-order valence-corrected chi connectivity index (χ2v) is 7.45. The van der Waals surface area contributed by atoms with Crippen molar-refractivity contribution in [1.29, 1.82) is 0 Å². The zero-order valence-corrected chi connectivity index (χ0v) is 15.4. The Labute approximate surface area is 159 Å². The second-order valence-electron chi connectivity index (χ2n) is 6.34. The van der Waals surface area contributed by atoms with Crippen LogP contribution in [-0.4, -0.2) is 17.4 Å². The van der Waals surface area contributed by atoms with E-state index >= 15 is 0 Å². The summed E-state index contributed by atoms with van der Waals surface area (Å²) in [5, 5.41) is 11.4. The number of amides is 1. The van der Waals surface area contributed by atoms with Gasteiger partial charge in [-0.3, -0.25) is 10.0 Å². The van der Waals surface area contributed by atoms with Crippen LogP contribution in [0.25, 0.3) is 10.1 Å². The molecule has 0 saturated carbocycles. The molecule has 0 aliphatic carbocycles. The fraction of sp³-hybridized carbons (Fsp3) is 0.250. The maximum Gasteiger partial charge on any atom is 0.250 e. The standard InChI is InChI=1S/C20H18FNO4S/c1-12-25-16-9-13-10-19(27-18(13)11-17(16)26-12)15(21)7-8-20(23)22(24)14-5-3-2-4-6-14/h2-6,9-12,15,24H,7-8H2,1H3. The molecule has 1 aliphatic heterocycles. The van der Waals surface area contributed by atoms with Crippen LogP contribution < -0.4 is 14.5 Å². The van der Waals surface area contributed by atoms with E-state index in [1.54, 1.807) is 36.4 Å². The van der Waals surface area contributed by atoms with Crippen molar-refractivity contribution < 1.29 is 23.9 Å². The van der Waals surface area contributed by atoms with Crippen LogP contribution in [-0.2, 0) is 4.79 Å². The van der Waals surface area contributed by atoms with Crippen molar-refractivity contribution in [2.75, 3.05) is 5.06 Å². The molecule has 0 radical (unpaired) electrons. The molecule has 2 heterocycles. The Morgan fingerprint density at radius 3 is 2.67 bits per heavy atom. The van der Waals surface area contributed by atoms with Gasteiger partial charge in [0.2, 0.25) is 6.29 Å². The number of rotatable bonds is 5. The van der Waals surface area contributed by atoms with Crippen LogP contribution in [0.4, 0.5) is 10.1 Å². The third-order valence-corrected chi connectivity index (χ3v) is 5.53. The largest absolute Gasteiger partial charge is 0.451 e. The Morgan fingerprint density at radius 2 is 1.93 bits per heavy atom. The monoisotopic (exact) mass is 387 g/mol. The zero-order chi connectivity index (χ0) is 19.0. The van der Waals surface area contributed by atoms with E-state index in [2.05, 4.69) is 0 Å². The summed E-state index contributed by atoms with van der Waals surface area (Å²) in [5.41, 5.74) is 0.364. The molecule has 0 bridgehead atoms. The van der Waals surface area contributed by atoms with Crippen molar-refractivity contribution in [1.82, 2.24) is 0 Å². The maximum absolute atomic E-state index is 14.7. The highest BCUT2D eigenvalue weighted by atomic mass is 32.1. The van der Waals surface area contributed by atoms with Crippen molar-refractivity contribution in [2.45, 2.75) is 32.2 Å². The topological polar surface area (TPSA) is 59.0 Å². The molecule has 5 nitrogen and oxygen atoms in total. The first-order chi connectivity index (χ1) is 13.0. The Hall–Kier alpha value is -2.64. The second kappa shape index (κ2) is 7.17. The number of halogens is 1. The first-order valence-corrected chi connectivity index (χ1v) is 9.44. The predicted octanol–water partition coefficient (Wildman–Crippen LogP) is 5.23. The van der Waals surface area contributed by atoms with E-state index < -0.39 is 12.1 Å². The van der Waals surface area contributed by atoms with E-state index in [9.17, 15) is 14.4 Å². The highest BCUT2D eigenvalue weighted by Crippen LogP contribution is 2.42. The Balaban J connectivity index is 1.42. The molecule has 1 N–H and O–H groups in total. The number of nitrogens with zero attached hydrogens (tertiary/aromatic N) is 1. The van der Waals surface area contributed by atoms with Crippen LogP contribution in [0, 0.1) is 0 Å². The van der Waals surface area contributed by atoms with Gasteiger partial charge in [-0.1, -0.05) is 18.2 Å². The van der Waals surface area contributed by atoms with Crippen molar-refractivity contribution >= 4 is 33.0 Å². The average molecular weight is 387 g/mol. The quantitative estimate of drug-likeness (QED) is 0.481. The summed E-state index contributed by atoms with van der Waals surface area (Å²) in [4.78, 5) is 12.6. The summed E-state index contributed by atoms with van der Waals surface area (Å²) in [6, 6.07) is 13.9. The number of para-hydroxylation sites is 1. The minimum atomic E-state index is -1.29. The molecule has 1 amide bonds. The number of hydrogen-bond donors (Lipinski definition) is 1. The Kier molecular flexibility index (Phi) is 4.72. The highest BCUT2D eigenvalue weighted by Gasteiger charge is 2.23. The van der Waals surface area contributed by atoms with Crippen molar-refractivity contribution in [3.63, 3.8) is 0 Å². The van der Waals surface area contributed by atoms with E-state index in [0.29, 0.717) is 27.1 Å². The van der Waals surface area contributed by atoms with Crippen molar-refractivity contribution in [3.05, 3.63) is 53.4 Å². The van der Waals surface area contributed by atoms with E-state index in [0.717, 1.165) is 10.1 Å². The minimum Gasteiger partial charge on any atom is -0.451 e. The molecule has 0 fully saturated rings. The molecule has 3 aromatic rings. The summed E-state index contributed by atoms with van der Waals surface area (Å²) in [6.45, 7) is 1.81. The first kappa shape index (κ1) is 17.8. The number of hydrogen-bond acceptors (Lipinski definition) is 5. The summed E-state index contributed by atoms with van der Waals surface area (Å²) >= 11 is 1.33. The van der Waals surface area contributed by atoms with Gasteiger partial charge in [0.1, 0.15) is 6.17 Å². The molecule has 2 unspecified atom stereocenters. The molecule has 0 spiro atoms. The number of hydroxylamine groups is 1. The molecular formula is C20H18FNO4S. The van der Waals surface area contributed by atoms with Gasteiger partial charge in [-0.25, -0.2) is 4.39 Å². The van der Waals surface area contributed by atoms with E-state index in [1.807, 2.05) is 19.1 Å². The minimum absolute atomic E-state index is 0.000697. The fourth-order valence-electron chi connectivity index (χ4n) is 3.00. The number of alkyl halides is 1. The summed E-state index contributed by atoms with van der Waals surface area (Å²) in [7, 11) is 0. The first-order valence-electron chi connectivity index (χ1n) is 8.63. The molecule has 0 saturated heterocycles.